The third kappa shape index (κ3) is 3.00. The second-order valence-electron chi connectivity index (χ2n) is 4.59. The number of nitrogens with zero attached hydrogens (tertiary/aromatic N) is 3. The summed E-state index contributed by atoms with van der Waals surface area (Å²) < 4.78 is 0. The summed E-state index contributed by atoms with van der Waals surface area (Å²) >= 11 is 6.18. The molecule has 1 fully saturated rings. The smallest absolute Gasteiger partial charge is 0.224 e. The standard InChI is InChI=1S/C12H19ClN4/c1-3-14-12-15-7-10(13)11(16-12)17-6-4-5-9(2)8-17/h7,9H,3-6,8H2,1-2H3,(H,14,15,16). The Labute approximate surface area is 107 Å². The molecule has 1 aromatic rings. The van der Waals surface area contributed by atoms with Gasteiger partial charge in [-0.15, -0.1) is 0 Å². The predicted molar refractivity (Wildman–Crippen MR) is 71.8 cm³/mol. The molecular weight excluding hydrogens is 236 g/mol. The van der Waals surface area contributed by atoms with Gasteiger partial charge in [-0.05, 0) is 25.7 Å². The Balaban J connectivity index is 2.20. The first-order valence-corrected chi connectivity index (χ1v) is 6.60. The van der Waals surface area contributed by atoms with Crippen molar-refractivity contribution in [2.45, 2.75) is 26.7 Å². The monoisotopic (exact) mass is 254 g/mol. The molecule has 0 spiro atoms. The van der Waals surface area contributed by atoms with E-state index in [0.717, 1.165) is 25.5 Å². The summed E-state index contributed by atoms with van der Waals surface area (Å²) in [5.41, 5.74) is 0. The summed E-state index contributed by atoms with van der Waals surface area (Å²) in [5.74, 6) is 2.23. The highest BCUT2D eigenvalue weighted by Crippen LogP contribution is 2.27. The van der Waals surface area contributed by atoms with Crippen LogP contribution in [0.4, 0.5) is 11.8 Å². The molecule has 0 bridgehead atoms. The van der Waals surface area contributed by atoms with Gasteiger partial charge in [-0.2, -0.15) is 4.98 Å². The maximum Gasteiger partial charge on any atom is 0.224 e. The third-order valence-corrected chi connectivity index (χ3v) is 3.28. The van der Waals surface area contributed by atoms with Crippen LogP contribution in [0.25, 0.3) is 0 Å². The highest BCUT2D eigenvalue weighted by molar-refractivity contribution is 6.32. The second kappa shape index (κ2) is 5.54. The summed E-state index contributed by atoms with van der Waals surface area (Å²) in [4.78, 5) is 10.9. The second-order valence-corrected chi connectivity index (χ2v) is 5.00. The highest BCUT2D eigenvalue weighted by atomic mass is 35.5. The van der Waals surface area contributed by atoms with Gasteiger partial charge in [0.2, 0.25) is 5.95 Å². The molecule has 0 aromatic carbocycles. The van der Waals surface area contributed by atoms with E-state index in [0.29, 0.717) is 16.9 Å². The summed E-state index contributed by atoms with van der Waals surface area (Å²) in [7, 11) is 0. The van der Waals surface area contributed by atoms with Crippen LogP contribution in [0.1, 0.15) is 26.7 Å². The molecule has 1 aromatic heterocycles. The molecule has 4 nitrogen and oxygen atoms in total. The van der Waals surface area contributed by atoms with E-state index in [4.69, 9.17) is 11.6 Å². The van der Waals surface area contributed by atoms with Gasteiger partial charge in [0.05, 0.1) is 6.20 Å². The number of rotatable bonds is 3. The topological polar surface area (TPSA) is 41.1 Å². The molecule has 2 heterocycles. The molecule has 0 aliphatic carbocycles. The zero-order chi connectivity index (χ0) is 12.3. The molecule has 2 rings (SSSR count). The molecule has 1 atom stereocenters. The lowest BCUT2D eigenvalue weighted by Gasteiger charge is -2.32. The van der Waals surface area contributed by atoms with Gasteiger partial charge in [0.1, 0.15) is 5.02 Å². The molecule has 0 amide bonds. The van der Waals surface area contributed by atoms with Crippen LogP contribution in [0.2, 0.25) is 5.02 Å². The van der Waals surface area contributed by atoms with E-state index in [1.165, 1.54) is 12.8 Å². The third-order valence-electron chi connectivity index (χ3n) is 3.02. The van der Waals surface area contributed by atoms with Crippen molar-refractivity contribution in [1.82, 2.24) is 9.97 Å². The maximum atomic E-state index is 6.18. The van der Waals surface area contributed by atoms with Gasteiger partial charge in [-0.3, -0.25) is 0 Å². The van der Waals surface area contributed by atoms with Crippen molar-refractivity contribution in [2.75, 3.05) is 29.9 Å². The van der Waals surface area contributed by atoms with E-state index in [-0.39, 0.29) is 0 Å². The Hall–Kier alpha value is -1.03. The van der Waals surface area contributed by atoms with Crippen LogP contribution in [0.15, 0.2) is 6.20 Å². The Kier molecular flexibility index (Phi) is 4.05. The van der Waals surface area contributed by atoms with E-state index in [1.54, 1.807) is 6.20 Å². The number of hydrogen-bond acceptors (Lipinski definition) is 4. The van der Waals surface area contributed by atoms with Crippen molar-refractivity contribution in [3.8, 4) is 0 Å². The zero-order valence-corrected chi connectivity index (χ0v) is 11.2. The van der Waals surface area contributed by atoms with Crippen molar-refractivity contribution in [1.29, 1.82) is 0 Å². The molecule has 1 aliphatic heterocycles. The predicted octanol–water partition coefficient (Wildman–Crippen LogP) is 2.80. The first-order valence-electron chi connectivity index (χ1n) is 6.22. The minimum absolute atomic E-state index is 0.640. The minimum Gasteiger partial charge on any atom is -0.355 e. The Morgan fingerprint density at radius 3 is 3.12 bits per heavy atom. The van der Waals surface area contributed by atoms with Gasteiger partial charge in [0.15, 0.2) is 5.82 Å². The Morgan fingerprint density at radius 2 is 2.41 bits per heavy atom. The quantitative estimate of drug-likeness (QED) is 0.901. The highest BCUT2D eigenvalue weighted by Gasteiger charge is 2.20. The van der Waals surface area contributed by atoms with Gasteiger partial charge in [-0.25, -0.2) is 4.98 Å². The van der Waals surface area contributed by atoms with Crippen LogP contribution in [-0.4, -0.2) is 29.6 Å². The normalized spacial score (nSPS) is 20.4. The summed E-state index contributed by atoms with van der Waals surface area (Å²) in [6, 6.07) is 0. The number of anilines is 2. The lowest BCUT2D eigenvalue weighted by Crippen LogP contribution is -2.35. The summed E-state index contributed by atoms with van der Waals surface area (Å²) in [6.07, 6.45) is 4.18. The van der Waals surface area contributed by atoms with E-state index < -0.39 is 0 Å². The van der Waals surface area contributed by atoms with Crippen LogP contribution in [0, 0.1) is 5.92 Å². The lowest BCUT2D eigenvalue weighted by molar-refractivity contribution is 0.444. The van der Waals surface area contributed by atoms with Gasteiger partial charge in [0.25, 0.3) is 0 Å². The number of nitrogens with one attached hydrogen (secondary N) is 1. The molecule has 1 unspecified atom stereocenters. The molecule has 17 heavy (non-hydrogen) atoms. The fourth-order valence-corrected chi connectivity index (χ4v) is 2.42. The average Bonchev–Trinajstić information content (AvgIpc) is 2.32. The zero-order valence-electron chi connectivity index (χ0n) is 10.4. The van der Waals surface area contributed by atoms with E-state index in [9.17, 15) is 0 Å². The Morgan fingerprint density at radius 1 is 1.59 bits per heavy atom. The molecule has 94 valence electrons. The lowest BCUT2D eigenvalue weighted by atomic mass is 10.0. The van der Waals surface area contributed by atoms with E-state index >= 15 is 0 Å². The SMILES string of the molecule is CCNc1ncc(Cl)c(N2CCCC(C)C2)n1. The van der Waals surface area contributed by atoms with Crippen LogP contribution < -0.4 is 10.2 Å². The molecule has 0 saturated carbocycles. The first-order chi connectivity index (χ1) is 8.20. The van der Waals surface area contributed by atoms with E-state index in [2.05, 4.69) is 27.1 Å². The van der Waals surface area contributed by atoms with Crippen molar-refractivity contribution in [2.24, 2.45) is 5.92 Å². The van der Waals surface area contributed by atoms with Crippen molar-refractivity contribution >= 4 is 23.4 Å². The minimum atomic E-state index is 0.640. The van der Waals surface area contributed by atoms with Crippen molar-refractivity contribution in [3.05, 3.63) is 11.2 Å². The maximum absolute atomic E-state index is 6.18. The molecule has 1 saturated heterocycles. The molecule has 1 aliphatic rings. The number of hydrogen-bond donors (Lipinski definition) is 1. The van der Waals surface area contributed by atoms with Gasteiger partial charge >= 0.3 is 0 Å². The van der Waals surface area contributed by atoms with Gasteiger partial charge in [0, 0.05) is 19.6 Å². The van der Waals surface area contributed by atoms with Crippen LogP contribution in [0.5, 0.6) is 0 Å². The van der Waals surface area contributed by atoms with Gasteiger partial charge < -0.3 is 10.2 Å². The largest absolute Gasteiger partial charge is 0.355 e. The molecule has 1 N–H and O–H groups in total. The molecule has 0 radical (unpaired) electrons. The van der Waals surface area contributed by atoms with Crippen LogP contribution in [-0.2, 0) is 0 Å². The molecular formula is C12H19ClN4. The average molecular weight is 255 g/mol. The van der Waals surface area contributed by atoms with Gasteiger partial charge in [-0.1, -0.05) is 18.5 Å². The summed E-state index contributed by atoms with van der Waals surface area (Å²) in [6.45, 7) is 7.18. The van der Waals surface area contributed by atoms with E-state index in [1.807, 2.05) is 6.92 Å². The number of piperidine rings is 1. The number of aromatic nitrogens is 2. The first kappa shape index (κ1) is 12.4. The Bertz CT molecular complexity index is 383. The van der Waals surface area contributed by atoms with Crippen molar-refractivity contribution < 1.29 is 0 Å². The van der Waals surface area contributed by atoms with Crippen LogP contribution >= 0.6 is 11.6 Å². The summed E-state index contributed by atoms with van der Waals surface area (Å²) in [5, 5.41) is 3.76. The van der Waals surface area contributed by atoms with Crippen LogP contribution in [0.3, 0.4) is 0 Å². The van der Waals surface area contributed by atoms with Crippen molar-refractivity contribution in [3.63, 3.8) is 0 Å². The fraction of sp³-hybridized carbons (Fsp3) is 0.667. The molecule has 5 heteroatoms. The number of halogens is 1. The fourth-order valence-electron chi connectivity index (χ4n) is 2.20.